The summed E-state index contributed by atoms with van der Waals surface area (Å²) in [7, 11) is 0. The van der Waals surface area contributed by atoms with Gasteiger partial charge in [0.25, 0.3) is 0 Å². The molecule has 2 unspecified atom stereocenters. The van der Waals surface area contributed by atoms with Crippen LogP contribution in [-0.4, -0.2) is 73.5 Å². The maximum Gasteiger partial charge on any atom is 0.0793 e. The van der Waals surface area contributed by atoms with Crippen molar-refractivity contribution in [3.05, 3.63) is 0 Å². The van der Waals surface area contributed by atoms with Crippen molar-refractivity contribution in [2.24, 2.45) is 11.3 Å². The average molecular weight is 298 g/mol. The lowest BCUT2D eigenvalue weighted by Gasteiger charge is -2.31. The van der Waals surface area contributed by atoms with Crippen LogP contribution in [0.15, 0.2) is 0 Å². The Morgan fingerprint density at radius 3 is 2.24 bits per heavy atom. The zero-order valence-electron chi connectivity index (χ0n) is 14.2. The molecule has 1 N–H and O–H groups in total. The fourth-order valence-corrected chi connectivity index (χ4v) is 3.64. The number of rotatable bonds is 4. The van der Waals surface area contributed by atoms with Crippen LogP contribution in [0.4, 0.5) is 0 Å². The van der Waals surface area contributed by atoms with Crippen molar-refractivity contribution < 1.29 is 9.84 Å². The van der Waals surface area contributed by atoms with Crippen LogP contribution in [0, 0.1) is 11.3 Å². The molecule has 0 bridgehead atoms. The summed E-state index contributed by atoms with van der Waals surface area (Å²) in [5.41, 5.74) is 0.419. The van der Waals surface area contributed by atoms with Crippen LogP contribution in [-0.2, 0) is 4.74 Å². The predicted octanol–water partition coefficient (Wildman–Crippen LogP) is 1.83. The molecule has 2 aliphatic rings. The summed E-state index contributed by atoms with van der Waals surface area (Å²) < 4.78 is 5.36. The number of aliphatic hydroxyl groups excluding tert-OH is 1. The summed E-state index contributed by atoms with van der Waals surface area (Å²) >= 11 is 0. The largest absolute Gasteiger partial charge is 0.390 e. The molecule has 4 heteroatoms. The zero-order chi connectivity index (χ0) is 15.3. The summed E-state index contributed by atoms with van der Waals surface area (Å²) in [6, 6.07) is 0. The molecule has 4 nitrogen and oxygen atoms in total. The lowest BCUT2D eigenvalue weighted by Crippen LogP contribution is -2.44. The second kappa shape index (κ2) is 7.91. The third-order valence-corrected chi connectivity index (χ3v) is 5.09. The molecule has 2 rings (SSSR count). The number of ether oxygens (including phenoxy) is 1. The van der Waals surface area contributed by atoms with Crippen LogP contribution < -0.4 is 0 Å². The lowest BCUT2D eigenvalue weighted by molar-refractivity contribution is 0.00701. The van der Waals surface area contributed by atoms with Crippen LogP contribution in [0.2, 0.25) is 0 Å². The first-order chi connectivity index (χ1) is 9.95. The van der Waals surface area contributed by atoms with E-state index in [1.807, 2.05) is 0 Å². The van der Waals surface area contributed by atoms with Crippen molar-refractivity contribution >= 4 is 0 Å². The molecule has 2 aliphatic heterocycles. The minimum atomic E-state index is -0.228. The fraction of sp³-hybridized carbons (Fsp3) is 1.00. The minimum absolute atomic E-state index is 0.228. The van der Waals surface area contributed by atoms with Crippen molar-refractivity contribution in [1.29, 1.82) is 0 Å². The third-order valence-electron chi connectivity index (χ3n) is 5.09. The van der Waals surface area contributed by atoms with E-state index in [2.05, 4.69) is 30.6 Å². The Kier molecular flexibility index (Phi) is 6.48. The number of hydrogen-bond donors (Lipinski definition) is 1. The summed E-state index contributed by atoms with van der Waals surface area (Å²) in [5, 5.41) is 10.3. The number of β-amino-alcohol motifs (C(OH)–C–C–N with tert-alkyl or cyclic N) is 1. The zero-order valence-corrected chi connectivity index (χ0v) is 14.2. The van der Waals surface area contributed by atoms with E-state index >= 15 is 0 Å². The van der Waals surface area contributed by atoms with Crippen LogP contribution in [0.3, 0.4) is 0 Å². The summed E-state index contributed by atoms with van der Waals surface area (Å²) in [6.45, 7) is 14.5. The maximum atomic E-state index is 10.3. The molecule has 2 saturated heterocycles. The quantitative estimate of drug-likeness (QED) is 0.859. The second-order valence-electron chi connectivity index (χ2n) is 7.86. The van der Waals surface area contributed by atoms with Crippen LogP contribution in [0.1, 0.15) is 40.0 Å². The first kappa shape index (κ1) is 17.2. The molecule has 0 aromatic carbocycles. The number of likely N-dealkylation sites (tertiary alicyclic amines) is 1. The van der Waals surface area contributed by atoms with E-state index in [4.69, 9.17) is 4.74 Å². The lowest BCUT2D eigenvalue weighted by atomic mass is 9.77. The Bertz CT molecular complexity index is 298. The molecular formula is C17H34N2O2. The summed E-state index contributed by atoms with van der Waals surface area (Å²) in [5.74, 6) is 0.818. The van der Waals surface area contributed by atoms with Gasteiger partial charge in [0.05, 0.1) is 19.3 Å². The molecule has 0 saturated carbocycles. The Balaban J connectivity index is 1.72. The molecule has 0 aliphatic carbocycles. The number of nitrogens with zero attached hydrogens (tertiary/aromatic N) is 2. The average Bonchev–Trinajstić information content (AvgIpc) is 2.65. The molecule has 0 aromatic heterocycles. The van der Waals surface area contributed by atoms with Gasteiger partial charge < -0.3 is 14.7 Å². The molecule has 0 amide bonds. The van der Waals surface area contributed by atoms with Gasteiger partial charge in [0.2, 0.25) is 0 Å². The first-order valence-corrected chi connectivity index (χ1v) is 8.65. The van der Waals surface area contributed by atoms with Gasteiger partial charge in [-0.15, -0.1) is 0 Å². The normalized spacial score (nSPS) is 28.3. The monoisotopic (exact) mass is 298 g/mol. The van der Waals surface area contributed by atoms with Crippen LogP contribution in [0.5, 0.6) is 0 Å². The Morgan fingerprint density at radius 2 is 1.62 bits per heavy atom. The van der Waals surface area contributed by atoms with E-state index in [9.17, 15) is 5.11 Å². The molecule has 2 atom stereocenters. The Morgan fingerprint density at radius 1 is 1.00 bits per heavy atom. The highest BCUT2D eigenvalue weighted by Gasteiger charge is 2.27. The highest BCUT2D eigenvalue weighted by molar-refractivity contribution is 4.80. The van der Waals surface area contributed by atoms with E-state index in [0.717, 1.165) is 58.4 Å². The molecular weight excluding hydrogens is 264 g/mol. The van der Waals surface area contributed by atoms with Crippen molar-refractivity contribution in [3.63, 3.8) is 0 Å². The van der Waals surface area contributed by atoms with Gasteiger partial charge in [0.1, 0.15) is 0 Å². The van der Waals surface area contributed by atoms with Crippen molar-refractivity contribution in [3.8, 4) is 0 Å². The standard InChI is InChI=1S/C17H34N2O2/c1-17(2,3)15-5-4-7-18(8-6-15)13-16(20)14-19-9-11-21-12-10-19/h15-16,20H,4-14H2,1-3H3. The molecule has 0 spiro atoms. The van der Waals surface area contributed by atoms with Gasteiger partial charge in [-0.25, -0.2) is 0 Å². The van der Waals surface area contributed by atoms with Crippen molar-refractivity contribution in [2.75, 3.05) is 52.5 Å². The highest BCUT2D eigenvalue weighted by atomic mass is 16.5. The van der Waals surface area contributed by atoms with Crippen LogP contribution in [0.25, 0.3) is 0 Å². The van der Waals surface area contributed by atoms with Gasteiger partial charge in [-0.1, -0.05) is 20.8 Å². The van der Waals surface area contributed by atoms with Gasteiger partial charge in [0, 0.05) is 26.2 Å². The Labute approximate surface area is 130 Å². The number of morpholine rings is 1. The molecule has 2 fully saturated rings. The first-order valence-electron chi connectivity index (χ1n) is 8.65. The van der Waals surface area contributed by atoms with E-state index in [-0.39, 0.29) is 6.10 Å². The van der Waals surface area contributed by atoms with Crippen LogP contribution >= 0.6 is 0 Å². The van der Waals surface area contributed by atoms with E-state index in [0.29, 0.717) is 5.41 Å². The van der Waals surface area contributed by atoms with Gasteiger partial charge in [-0.3, -0.25) is 4.90 Å². The van der Waals surface area contributed by atoms with Gasteiger partial charge in [-0.2, -0.15) is 0 Å². The third kappa shape index (κ3) is 5.85. The summed E-state index contributed by atoms with van der Waals surface area (Å²) in [4.78, 5) is 4.79. The predicted molar refractivity (Wildman–Crippen MR) is 86.5 cm³/mol. The molecule has 0 aromatic rings. The Hall–Kier alpha value is -0.160. The molecule has 0 radical (unpaired) electrons. The van der Waals surface area contributed by atoms with Gasteiger partial charge in [0.15, 0.2) is 0 Å². The highest BCUT2D eigenvalue weighted by Crippen LogP contribution is 2.34. The fourth-order valence-electron chi connectivity index (χ4n) is 3.64. The smallest absolute Gasteiger partial charge is 0.0793 e. The number of aliphatic hydroxyl groups is 1. The second-order valence-corrected chi connectivity index (χ2v) is 7.86. The van der Waals surface area contributed by atoms with Gasteiger partial charge >= 0.3 is 0 Å². The SMILES string of the molecule is CC(C)(C)C1CCCN(CC(O)CN2CCOCC2)CC1. The van der Waals surface area contributed by atoms with Crippen molar-refractivity contribution in [1.82, 2.24) is 9.80 Å². The molecule has 21 heavy (non-hydrogen) atoms. The molecule has 2 heterocycles. The van der Waals surface area contributed by atoms with Crippen molar-refractivity contribution in [2.45, 2.75) is 46.1 Å². The van der Waals surface area contributed by atoms with Gasteiger partial charge in [-0.05, 0) is 43.7 Å². The molecule has 124 valence electrons. The van der Waals surface area contributed by atoms with E-state index in [1.54, 1.807) is 0 Å². The topological polar surface area (TPSA) is 35.9 Å². The summed E-state index contributed by atoms with van der Waals surface area (Å²) in [6.07, 6.45) is 3.65. The maximum absolute atomic E-state index is 10.3. The number of hydrogen-bond acceptors (Lipinski definition) is 4. The minimum Gasteiger partial charge on any atom is -0.390 e. The van der Waals surface area contributed by atoms with E-state index in [1.165, 1.54) is 19.3 Å². The van der Waals surface area contributed by atoms with E-state index < -0.39 is 0 Å².